The molecule has 2 N–H and O–H groups in total. The van der Waals surface area contributed by atoms with Crippen LogP contribution in [0.4, 0.5) is 5.69 Å². The number of likely N-dealkylation sites (tertiary alicyclic amines) is 1. The van der Waals surface area contributed by atoms with Gasteiger partial charge in [-0.25, -0.2) is 0 Å². The van der Waals surface area contributed by atoms with Gasteiger partial charge in [-0.2, -0.15) is 0 Å². The highest BCUT2D eigenvalue weighted by molar-refractivity contribution is 7.98. The first-order valence-corrected chi connectivity index (χ1v) is 16.8. The van der Waals surface area contributed by atoms with Gasteiger partial charge in [-0.15, -0.1) is 11.8 Å². The van der Waals surface area contributed by atoms with Crippen molar-refractivity contribution < 1.29 is 23.9 Å². The Kier molecular flexibility index (Phi) is 8.69. The van der Waals surface area contributed by atoms with Gasteiger partial charge in [0, 0.05) is 42.8 Å². The topological polar surface area (TPSA) is 100 Å². The average molecular weight is 597 g/mol. The van der Waals surface area contributed by atoms with E-state index < -0.39 is 29.6 Å². The number of morpholine rings is 1. The lowest BCUT2D eigenvalue weighted by molar-refractivity contribution is -0.141. The summed E-state index contributed by atoms with van der Waals surface area (Å²) in [7, 11) is 0. The zero-order valence-corrected chi connectivity index (χ0v) is 25.7. The minimum Gasteiger partial charge on any atom is -0.379 e. The van der Waals surface area contributed by atoms with E-state index in [0.29, 0.717) is 37.3 Å². The summed E-state index contributed by atoms with van der Waals surface area (Å²) in [6.07, 6.45) is 9.15. The predicted molar refractivity (Wildman–Crippen MR) is 162 cm³/mol. The lowest BCUT2D eigenvalue weighted by Gasteiger charge is -2.38. The Labute approximate surface area is 253 Å². The molecule has 42 heavy (non-hydrogen) atoms. The molecule has 6 unspecified atom stereocenters. The molecule has 4 aliphatic heterocycles. The number of fused-ring (bicyclic) bond motifs is 1. The molecule has 10 heteroatoms. The smallest absolute Gasteiger partial charge is 0.246 e. The lowest BCUT2D eigenvalue weighted by atomic mass is 9.73. The molecular formula is C32H44N4O5S. The number of hydrogen-bond donors (Lipinski definition) is 2. The fourth-order valence-electron chi connectivity index (χ4n) is 7.77. The number of rotatable bonds is 9. The molecule has 228 valence electrons. The van der Waals surface area contributed by atoms with Gasteiger partial charge in [-0.3, -0.25) is 19.3 Å². The van der Waals surface area contributed by atoms with Crippen molar-refractivity contribution in [2.75, 3.05) is 51.0 Å². The van der Waals surface area contributed by atoms with E-state index in [9.17, 15) is 14.4 Å². The maximum atomic E-state index is 14.3. The molecule has 1 aliphatic carbocycles. The quantitative estimate of drug-likeness (QED) is 0.334. The van der Waals surface area contributed by atoms with Crippen LogP contribution < -0.4 is 10.6 Å². The van der Waals surface area contributed by atoms with Gasteiger partial charge in [0.2, 0.25) is 17.7 Å². The second-order valence-corrected chi connectivity index (χ2v) is 13.5. The van der Waals surface area contributed by atoms with E-state index in [4.69, 9.17) is 9.47 Å². The van der Waals surface area contributed by atoms with Gasteiger partial charge < -0.3 is 25.0 Å². The van der Waals surface area contributed by atoms with Crippen molar-refractivity contribution in [2.24, 2.45) is 23.7 Å². The number of nitrogens with one attached hydrogen (secondary N) is 2. The Morgan fingerprint density at radius 1 is 1.12 bits per heavy atom. The van der Waals surface area contributed by atoms with Crippen molar-refractivity contribution in [1.82, 2.24) is 15.1 Å². The number of ether oxygens (including phenoxy) is 2. The predicted octanol–water partition coefficient (Wildman–Crippen LogP) is 3.16. The Bertz CT molecular complexity index is 1220. The van der Waals surface area contributed by atoms with Crippen molar-refractivity contribution in [2.45, 2.75) is 68.2 Å². The average Bonchev–Trinajstić information content (AvgIpc) is 3.63. The summed E-state index contributed by atoms with van der Waals surface area (Å²) >= 11 is 1.60. The molecule has 4 fully saturated rings. The number of benzene rings is 1. The first-order valence-electron chi connectivity index (χ1n) is 15.6. The summed E-state index contributed by atoms with van der Waals surface area (Å²) in [6, 6.07) is 6.94. The maximum Gasteiger partial charge on any atom is 0.246 e. The van der Waals surface area contributed by atoms with Crippen molar-refractivity contribution >= 4 is 35.2 Å². The van der Waals surface area contributed by atoms with Crippen LogP contribution in [0.2, 0.25) is 0 Å². The van der Waals surface area contributed by atoms with Crippen molar-refractivity contribution in [3.05, 3.63) is 36.4 Å². The summed E-state index contributed by atoms with van der Waals surface area (Å²) in [5.74, 6) is -1.12. The summed E-state index contributed by atoms with van der Waals surface area (Å²) in [4.78, 5) is 47.3. The van der Waals surface area contributed by atoms with E-state index in [-0.39, 0.29) is 23.8 Å². The van der Waals surface area contributed by atoms with E-state index in [1.165, 1.54) is 6.42 Å². The molecule has 3 saturated heterocycles. The molecule has 1 spiro atoms. The Hall–Kier alpha value is -2.40. The molecule has 3 amide bonds. The minimum absolute atomic E-state index is 0.0624. The Morgan fingerprint density at radius 3 is 2.71 bits per heavy atom. The molecule has 2 bridgehead atoms. The van der Waals surface area contributed by atoms with E-state index in [1.54, 1.807) is 16.7 Å². The minimum atomic E-state index is -1.14. The van der Waals surface area contributed by atoms with Crippen LogP contribution in [-0.4, -0.2) is 97.0 Å². The van der Waals surface area contributed by atoms with Crippen LogP contribution in [-0.2, 0) is 23.9 Å². The van der Waals surface area contributed by atoms with Crippen LogP contribution in [0.1, 0.15) is 39.5 Å². The molecule has 0 aromatic heterocycles. The summed E-state index contributed by atoms with van der Waals surface area (Å²) in [5.41, 5.74) is -0.451. The summed E-state index contributed by atoms with van der Waals surface area (Å²) in [5, 5.41) is 6.38. The number of hydrogen-bond acceptors (Lipinski definition) is 7. The highest BCUT2D eigenvalue weighted by Gasteiger charge is 2.72. The summed E-state index contributed by atoms with van der Waals surface area (Å²) in [6.45, 7) is 8.89. The highest BCUT2D eigenvalue weighted by Crippen LogP contribution is 2.55. The number of nitrogens with zero attached hydrogens (tertiary/aromatic N) is 2. The number of amides is 3. The molecular weight excluding hydrogens is 552 g/mol. The van der Waals surface area contributed by atoms with Gasteiger partial charge in [0.25, 0.3) is 0 Å². The van der Waals surface area contributed by atoms with Crippen LogP contribution in [0.25, 0.3) is 0 Å². The van der Waals surface area contributed by atoms with Crippen LogP contribution in [0, 0.1) is 23.7 Å². The van der Waals surface area contributed by atoms with E-state index in [2.05, 4.69) is 29.4 Å². The number of thioether (sulfide) groups is 1. The first-order chi connectivity index (χ1) is 20.3. The van der Waals surface area contributed by atoms with Crippen molar-refractivity contribution in [3.63, 3.8) is 0 Å². The number of carbonyl (C=O) groups excluding carboxylic acids is 3. The standard InChI is InChI=1S/C32H44N4O5S/c1-20-7-4-10-24(21(20)2)34-30(38)28-32-12-11-25(41-32)26(29(37)33-22-8-5-9-23(19-22)42-3)27(32)31(39)36(28)14-6-13-35-15-17-40-18-16-35/h5,8-9,11-12,19-21,24-28H,4,6-7,10,13-18H2,1-3H3,(H,33,37)(H,34,38)/t20?,21?,24?,25-,26?,27-,28?,32?/m0/s1. The summed E-state index contributed by atoms with van der Waals surface area (Å²) < 4.78 is 12.0. The molecule has 4 heterocycles. The third-order valence-electron chi connectivity index (χ3n) is 10.3. The Morgan fingerprint density at radius 2 is 1.93 bits per heavy atom. The monoisotopic (exact) mass is 596 g/mol. The van der Waals surface area contributed by atoms with Crippen LogP contribution in [0.3, 0.4) is 0 Å². The number of anilines is 1. The van der Waals surface area contributed by atoms with Gasteiger partial charge in [-0.1, -0.05) is 44.9 Å². The molecule has 1 aromatic rings. The third-order valence-corrected chi connectivity index (χ3v) is 11.0. The van der Waals surface area contributed by atoms with Crippen LogP contribution in [0.5, 0.6) is 0 Å². The molecule has 8 atom stereocenters. The van der Waals surface area contributed by atoms with E-state index in [1.807, 2.05) is 42.7 Å². The molecule has 1 saturated carbocycles. The van der Waals surface area contributed by atoms with Gasteiger partial charge in [0.15, 0.2) is 0 Å². The SMILES string of the molecule is CSc1cccc(NC(=O)C2[C@@H]3C=CC4(O3)C(C(=O)NC3CCCC(C)C3C)N(CCCN3CCOCC3)C(=O)[C@H]24)c1. The van der Waals surface area contributed by atoms with Crippen molar-refractivity contribution in [3.8, 4) is 0 Å². The molecule has 0 radical (unpaired) electrons. The normalized spacial score (nSPS) is 35.8. The molecule has 5 aliphatic rings. The zero-order chi connectivity index (χ0) is 29.4. The van der Waals surface area contributed by atoms with Gasteiger partial charge in [0.05, 0.1) is 31.2 Å². The largest absolute Gasteiger partial charge is 0.379 e. The maximum absolute atomic E-state index is 14.3. The number of carbonyl (C=O) groups is 3. The zero-order valence-electron chi connectivity index (χ0n) is 24.9. The second kappa shape index (κ2) is 12.3. The lowest BCUT2D eigenvalue weighted by Crippen LogP contribution is -2.58. The second-order valence-electron chi connectivity index (χ2n) is 12.6. The fourth-order valence-corrected chi connectivity index (χ4v) is 8.23. The van der Waals surface area contributed by atoms with Gasteiger partial charge in [0.1, 0.15) is 11.6 Å². The van der Waals surface area contributed by atoms with Crippen molar-refractivity contribution in [1.29, 1.82) is 0 Å². The molecule has 9 nitrogen and oxygen atoms in total. The van der Waals surface area contributed by atoms with Gasteiger partial charge in [-0.05, 0) is 49.1 Å². The van der Waals surface area contributed by atoms with Gasteiger partial charge >= 0.3 is 0 Å². The van der Waals surface area contributed by atoms with Crippen LogP contribution in [0.15, 0.2) is 41.3 Å². The highest BCUT2D eigenvalue weighted by atomic mass is 32.2. The first kappa shape index (κ1) is 29.7. The molecule has 1 aromatic carbocycles. The third kappa shape index (κ3) is 5.40. The van der Waals surface area contributed by atoms with E-state index in [0.717, 1.165) is 43.8 Å². The molecule has 6 rings (SSSR count). The fraction of sp³-hybridized carbons (Fsp3) is 0.656. The Balaban J connectivity index is 1.25. The van der Waals surface area contributed by atoms with E-state index >= 15 is 0 Å². The van der Waals surface area contributed by atoms with Crippen LogP contribution >= 0.6 is 11.8 Å².